The molecular formula is C13H23NO2. The molecule has 0 saturated heterocycles. The molecule has 0 fully saturated rings. The molecule has 0 aromatic heterocycles. The first-order valence-corrected chi connectivity index (χ1v) is 6.12. The second-order valence-electron chi connectivity index (χ2n) is 3.95. The lowest BCUT2D eigenvalue weighted by atomic mass is 10.1. The maximum absolute atomic E-state index is 11.4. The first-order valence-electron chi connectivity index (χ1n) is 6.12. The molecule has 3 nitrogen and oxygen atoms in total. The van der Waals surface area contributed by atoms with Crippen molar-refractivity contribution in [1.82, 2.24) is 5.32 Å². The molecule has 0 spiro atoms. The molecule has 1 N–H and O–H groups in total. The molecule has 3 heteroatoms. The minimum absolute atomic E-state index is 0.212. The largest absolute Gasteiger partial charge is 0.352 e. The first-order chi connectivity index (χ1) is 7.70. The van der Waals surface area contributed by atoms with Gasteiger partial charge in [0, 0.05) is 19.4 Å². The van der Waals surface area contributed by atoms with Crippen LogP contribution in [0.4, 0.5) is 0 Å². The summed E-state index contributed by atoms with van der Waals surface area (Å²) in [4.78, 5) is 22.2. The Morgan fingerprint density at radius 2 is 1.81 bits per heavy atom. The number of Topliss-reactive ketones (excluding diaryl/α,β-unsaturated/α-hetero) is 1. The zero-order valence-corrected chi connectivity index (χ0v) is 10.3. The lowest BCUT2D eigenvalue weighted by Gasteiger charge is -2.02. The minimum Gasteiger partial charge on any atom is -0.352 e. The van der Waals surface area contributed by atoms with Gasteiger partial charge >= 0.3 is 0 Å². The van der Waals surface area contributed by atoms with Crippen molar-refractivity contribution in [2.45, 2.75) is 51.9 Å². The highest BCUT2D eigenvalue weighted by molar-refractivity contribution is 5.87. The van der Waals surface area contributed by atoms with Crippen molar-refractivity contribution in [3.8, 4) is 0 Å². The second-order valence-corrected chi connectivity index (χ2v) is 3.95. The highest BCUT2D eigenvalue weighted by Gasteiger charge is 2.02. The number of hydrogen-bond donors (Lipinski definition) is 1. The van der Waals surface area contributed by atoms with Crippen LogP contribution in [0.25, 0.3) is 0 Å². The van der Waals surface area contributed by atoms with Gasteiger partial charge in [-0.05, 0) is 12.5 Å². The molecule has 0 saturated carbocycles. The van der Waals surface area contributed by atoms with E-state index in [1.54, 1.807) is 0 Å². The Balaban J connectivity index is 3.31. The number of rotatable bonds is 10. The van der Waals surface area contributed by atoms with Gasteiger partial charge in [-0.15, -0.1) is 0 Å². The van der Waals surface area contributed by atoms with E-state index in [-0.39, 0.29) is 11.7 Å². The molecule has 0 radical (unpaired) electrons. The Morgan fingerprint density at radius 3 is 2.44 bits per heavy atom. The van der Waals surface area contributed by atoms with Gasteiger partial charge in [-0.3, -0.25) is 9.59 Å². The highest BCUT2D eigenvalue weighted by Crippen LogP contribution is 2.06. The van der Waals surface area contributed by atoms with E-state index in [4.69, 9.17) is 0 Å². The lowest BCUT2D eigenvalue weighted by molar-refractivity contribution is -0.119. The van der Waals surface area contributed by atoms with Gasteiger partial charge < -0.3 is 5.32 Å². The number of ketones is 1. The average Bonchev–Trinajstić information content (AvgIpc) is 2.28. The van der Waals surface area contributed by atoms with Crippen LogP contribution in [0.3, 0.4) is 0 Å². The average molecular weight is 225 g/mol. The lowest BCUT2D eigenvalue weighted by Crippen LogP contribution is -2.23. The molecule has 0 heterocycles. The number of carbonyl (C=O) groups excluding carboxylic acids is 2. The predicted octanol–water partition coefficient (Wildman–Crippen LogP) is 2.61. The quantitative estimate of drug-likeness (QED) is 0.459. The Hall–Kier alpha value is -1.12. The van der Waals surface area contributed by atoms with E-state index in [1.807, 2.05) is 0 Å². The minimum atomic E-state index is -0.212. The van der Waals surface area contributed by atoms with Crippen molar-refractivity contribution in [2.75, 3.05) is 6.54 Å². The van der Waals surface area contributed by atoms with Crippen LogP contribution in [-0.4, -0.2) is 18.2 Å². The molecule has 0 aliphatic rings. The predicted molar refractivity (Wildman–Crippen MR) is 66.2 cm³/mol. The van der Waals surface area contributed by atoms with E-state index in [2.05, 4.69) is 18.8 Å². The van der Waals surface area contributed by atoms with Crippen LogP contribution in [0.2, 0.25) is 0 Å². The van der Waals surface area contributed by atoms with Crippen molar-refractivity contribution in [3.05, 3.63) is 12.7 Å². The van der Waals surface area contributed by atoms with Crippen LogP contribution in [0, 0.1) is 0 Å². The van der Waals surface area contributed by atoms with Gasteiger partial charge in [0.25, 0.3) is 0 Å². The highest BCUT2D eigenvalue weighted by atomic mass is 16.1. The Morgan fingerprint density at radius 1 is 1.12 bits per heavy atom. The maximum Gasteiger partial charge on any atom is 0.243 e. The number of unbranched alkanes of at least 4 members (excludes halogenated alkanes) is 4. The molecule has 0 bridgehead atoms. The Bertz CT molecular complexity index is 224. The number of amides is 1. The fraction of sp³-hybridized carbons (Fsp3) is 0.692. The molecule has 0 unspecified atom stereocenters. The second kappa shape index (κ2) is 10.4. The normalized spacial score (nSPS) is 9.81. The Labute approximate surface area is 98.3 Å². The van der Waals surface area contributed by atoms with Gasteiger partial charge in [0.2, 0.25) is 5.91 Å². The van der Waals surface area contributed by atoms with Crippen molar-refractivity contribution in [1.29, 1.82) is 0 Å². The van der Waals surface area contributed by atoms with Crippen molar-refractivity contribution in [3.63, 3.8) is 0 Å². The van der Waals surface area contributed by atoms with E-state index in [1.165, 1.54) is 25.3 Å². The van der Waals surface area contributed by atoms with E-state index in [0.29, 0.717) is 19.4 Å². The van der Waals surface area contributed by atoms with Crippen LogP contribution in [0.5, 0.6) is 0 Å². The summed E-state index contributed by atoms with van der Waals surface area (Å²) in [5.41, 5.74) is 0. The van der Waals surface area contributed by atoms with Gasteiger partial charge in [-0.25, -0.2) is 0 Å². The summed E-state index contributed by atoms with van der Waals surface area (Å²) >= 11 is 0. The van der Waals surface area contributed by atoms with Crippen molar-refractivity contribution >= 4 is 11.7 Å². The zero-order chi connectivity index (χ0) is 12.2. The summed E-state index contributed by atoms with van der Waals surface area (Å²) in [5, 5.41) is 2.60. The fourth-order valence-corrected chi connectivity index (χ4v) is 1.45. The summed E-state index contributed by atoms with van der Waals surface area (Å²) < 4.78 is 0. The van der Waals surface area contributed by atoms with Gasteiger partial charge in [0.05, 0.1) is 0 Å². The molecule has 0 rings (SSSR count). The molecule has 0 aliphatic heterocycles. The summed E-state index contributed by atoms with van der Waals surface area (Å²) in [6, 6.07) is 0. The first kappa shape index (κ1) is 14.9. The number of hydrogen-bond acceptors (Lipinski definition) is 2. The fourth-order valence-electron chi connectivity index (χ4n) is 1.45. The summed E-state index contributed by atoms with van der Waals surface area (Å²) in [6.45, 7) is 5.94. The molecule has 0 aromatic carbocycles. The van der Waals surface area contributed by atoms with Crippen LogP contribution < -0.4 is 5.32 Å². The standard InChI is InChI=1S/C13H23NO2/c1-3-5-6-7-8-9-12(15)10-11-14-13(16)4-2/h4H,2-3,5-11H2,1H3,(H,14,16). The third kappa shape index (κ3) is 9.44. The van der Waals surface area contributed by atoms with E-state index >= 15 is 0 Å². The van der Waals surface area contributed by atoms with E-state index in [9.17, 15) is 9.59 Å². The molecule has 0 aliphatic carbocycles. The Kier molecular flexibility index (Phi) is 9.67. The van der Waals surface area contributed by atoms with Crippen molar-refractivity contribution in [2.24, 2.45) is 0 Å². The van der Waals surface area contributed by atoms with E-state index < -0.39 is 0 Å². The van der Waals surface area contributed by atoms with Gasteiger partial charge in [-0.2, -0.15) is 0 Å². The van der Waals surface area contributed by atoms with Crippen LogP contribution >= 0.6 is 0 Å². The zero-order valence-electron chi connectivity index (χ0n) is 10.3. The van der Waals surface area contributed by atoms with E-state index in [0.717, 1.165) is 12.8 Å². The van der Waals surface area contributed by atoms with Crippen molar-refractivity contribution < 1.29 is 9.59 Å². The van der Waals surface area contributed by atoms with Gasteiger partial charge in [-0.1, -0.05) is 39.2 Å². The third-order valence-electron chi connectivity index (χ3n) is 2.45. The maximum atomic E-state index is 11.4. The molecule has 0 aromatic rings. The molecule has 16 heavy (non-hydrogen) atoms. The smallest absolute Gasteiger partial charge is 0.243 e. The van der Waals surface area contributed by atoms with Crippen LogP contribution in [0.15, 0.2) is 12.7 Å². The monoisotopic (exact) mass is 225 g/mol. The molecule has 1 amide bonds. The number of carbonyl (C=O) groups is 2. The van der Waals surface area contributed by atoms with Gasteiger partial charge in [0.15, 0.2) is 0 Å². The summed E-state index contributed by atoms with van der Waals surface area (Å²) in [5.74, 6) is 0.0246. The summed E-state index contributed by atoms with van der Waals surface area (Å²) in [7, 11) is 0. The van der Waals surface area contributed by atoms with Crippen LogP contribution in [0.1, 0.15) is 51.9 Å². The van der Waals surface area contributed by atoms with Gasteiger partial charge in [0.1, 0.15) is 5.78 Å². The third-order valence-corrected chi connectivity index (χ3v) is 2.45. The molecular weight excluding hydrogens is 202 g/mol. The topological polar surface area (TPSA) is 46.2 Å². The summed E-state index contributed by atoms with van der Waals surface area (Å²) in [6.07, 6.45) is 8.12. The number of nitrogens with one attached hydrogen (secondary N) is 1. The van der Waals surface area contributed by atoms with Crippen LogP contribution in [-0.2, 0) is 9.59 Å². The molecule has 92 valence electrons. The SMILES string of the molecule is C=CC(=O)NCCC(=O)CCCCCCC. The molecule has 0 atom stereocenters.